The van der Waals surface area contributed by atoms with Gasteiger partial charge in [-0.1, -0.05) is 0 Å². The van der Waals surface area contributed by atoms with Gasteiger partial charge in [0.15, 0.2) is 0 Å². The van der Waals surface area contributed by atoms with Crippen LogP contribution >= 0.6 is 0 Å². The highest BCUT2D eigenvalue weighted by Gasteiger charge is 2.10. The molecular formula is C11H12FN3. The first kappa shape index (κ1) is 9.71. The Balaban J connectivity index is 2.54. The molecule has 1 heterocycles. The van der Waals surface area contributed by atoms with E-state index in [9.17, 15) is 4.39 Å². The van der Waals surface area contributed by atoms with Crippen molar-refractivity contribution in [3.05, 3.63) is 35.9 Å². The predicted molar refractivity (Wildman–Crippen MR) is 57.8 cm³/mol. The number of nitrogen functional groups attached to an aromatic ring is 1. The van der Waals surface area contributed by atoms with E-state index in [0.717, 1.165) is 11.4 Å². The molecule has 2 rings (SSSR count). The number of aryl methyl sites for hydroxylation is 1. The molecule has 15 heavy (non-hydrogen) atoms. The number of nitrogens with zero attached hydrogens (tertiary/aromatic N) is 2. The van der Waals surface area contributed by atoms with Gasteiger partial charge in [0, 0.05) is 12.6 Å². The molecule has 0 spiro atoms. The summed E-state index contributed by atoms with van der Waals surface area (Å²) in [4.78, 5) is 4.33. The van der Waals surface area contributed by atoms with Gasteiger partial charge in [0.1, 0.15) is 23.2 Å². The third-order valence-corrected chi connectivity index (χ3v) is 2.48. The van der Waals surface area contributed by atoms with Crippen LogP contribution in [0.3, 0.4) is 0 Å². The van der Waals surface area contributed by atoms with Crippen molar-refractivity contribution in [2.75, 3.05) is 5.73 Å². The second-order valence-corrected chi connectivity index (χ2v) is 3.46. The largest absolute Gasteiger partial charge is 0.383 e. The molecule has 0 fully saturated rings. The van der Waals surface area contributed by atoms with E-state index >= 15 is 0 Å². The molecule has 1 aromatic heterocycles. The van der Waals surface area contributed by atoms with Gasteiger partial charge in [0.2, 0.25) is 0 Å². The maximum atomic E-state index is 12.7. The van der Waals surface area contributed by atoms with Crippen molar-refractivity contribution in [2.45, 2.75) is 6.92 Å². The lowest BCUT2D eigenvalue weighted by Crippen LogP contribution is -1.98. The highest BCUT2D eigenvalue weighted by Crippen LogP contribution is 2.25. The van der Waals surface area contributed by atoms with Crippen LogP contribution in [0, 0.1) is 12.7 Å². The lowest BCUT2D eigenvalue weighted by atomic mass is 10.1. The first-order chi connectivity index (χ1) is 7.09. The Morgan fingerprint density at radius 1 is 1.27 bits per heavy atom. The van der Waals surface area contributed by atoms with E-state index in [-0.39, 0.29) is 5.82 Å². The van der Waals surface area contributed by atoms with Gasteiger partial charge in [-0.25, -0.2) is 9.37 Å². The zero-order valence-corrected chi connectivity index (χ0v) is 8.66. The third-order valence-electron chi connectivity index (χ3n) is 2.48. The Labute approximate surface area is 87.4 Å². The Morgan fingerprint density at radius 2 is 1.87 bits per heavy atom. The highest BCUT2D eigenvalue weighted by atomic mass is 19.1. The topological polar surface area (TPSA) is 43.8 Å². The molecule has 0 aliphatic heterocycles. The second-order valence-electron chi connectivity index (χ2n) is 3.46. The highest BCUT2D eigenvalue weighted by molar-refractivity contribution is 5.70. The molecule has 0 bridgehead atoms. The minimum atomic E-state index is -0.259. The Bertz CT molecular complexity index is 485. The summed E-state index contributed by atoms with van der Waals surface area (Å²) in [6, 6.07) is 6.15. The van der Waals surface area contributed by atoms with Crippen LogP contribution in [-0.4, -0.2) is 9.55 Å². The summed E-state index contributed by atoms with van der Waals surface area (Å²) in [5, 5.41) is 0. The van der Waals surface area contributed by atoms with Crippen molar-refractivity contribution in [1.29, 1.82) is 0 Å². The zero-order chi connectivity index (χ0) is 11.0. The van der Waals surface area contributed by atoms with Gasteiger partial charge in [0.25, 0.3) is 0 Å². The van der Waals surface area contributed by atoms with Crippen molar-refractivity contribution in [3.63, 3.8) is 0 Å². The maximum absolute atomic E-state index is 12.7. The number of aromatic nitrogens is 2. The normalized spacial score (nSPS) is 10.6. The van der Waals surface area contributed by atoms with E-state index < -0.39 is 0 Å². The van der Waals surface area contributed by atoms with Gasteiger partial charge in [-0.3, -0.25) is 0 Å². The maximum Gasteiger partial charge on any atom is 0.131 e. The van der Waals surface area contributed by atoms with Gasteiger partial charge >= 0.3 is 0 Å². The zero-order valence-electron chi connectivity index (χ0n) is 8.66. The molecule has 4 heteroatoms. The number of imidazole rings is 1. The average molecular weight is 205 g/mol. The van der Waals surface area contributed by atoms with Crippen LogP contribution in [0.4, 0.5) is 10.2 Å². The van der Waals surface area contributed by atoms with Crippen LogP contribution in [0.5, 0.6) is 0 Å². The fourth-order valence-electron chi connectivity index (χ4n) is 1.45. The monoisotopic (exact) mass is 205 g/mol. The summed E-state index contributed by atoms with van der Waals surface area (Å²) in [6.07, 6.45) is 0. The SMILES string of the molecule is Cc1nc(-c2ccc(F)cc2)c(N)n1C. The lowest BCUT2D eigenvalue weighted by molar-refractivity contribution is 0.628. The lowest BCUT2D eigenvalue weighted by Gasteiger charge is -2.00. The van der Waals surface area contributed by atoms with Crippen molar-refractivity contribution in [2.24, 2.45) is 7.05 Å². The summed E-state index contributed by atoms with van der Waals surface area (Å²) in [5.74, 6) is 1.18. The van der Waals surface area contributed by atoms with Crippen LogP contribution in [-0.2, 0) is 7.05 Å². The van der Waals surface area contributed by atoms with Crippen LogP contribution in [0.2, 0.25) is 0 Å². The summed E-state index contributed by atoms with van der Waals surface area (Å²) < 4.78 is 14.5. The molecule has 0 radical (unpaired) electrons. The van der Waals surface area contributed by atoms with Crippen molar-refractivity contribution in [1.82, 2.24) is 9.55 Å². The number of hydrogen-bond donors (Lipinski definition) is 1. The van der Waals surface area contributed by atoms with Crippen LogP contribution < -0.4 is 5.73 Å². The van der Waals surface area contributed by atoms with E-state index in [4.69, 9.17) is 5.73 Å². The summed E-state index contributed by atoms with van der Waals surface area (Å²) in [5.41, 5.74) is 7.42. The molecule has 2 aromatic rings. The Hall–Kier alpha value is -1.84. The molecule has 78 valence electrons. The molecule has 0 saturated heterocycles. The minimum Gasteiger partial charge on any atom is -0.383 e. The number of benzene rings is 1. The minimum absolute atomic E-state index is 0.259. The quantitative estimate of drug-likeness (QED) is 0.774. The number of anilines is 1. The first-order valence-corrected chi connectivity index (χ1v) is 4.64. The number of rotatable bonds is 1. The molecule has 3 nitrogen and oxygen atoms in total. The standard InChI is InChI=1S/C11H12FN3/c1-7-14-10(11(13)15(7)2)8-3-5-9(12)6-4-8/h3-6H,13H2,1-2H3. The third kappa shape index (κ3) is 1.58. The van der Waals surface area contributed by atoms with Crippen LogP contribution in [0.25, 0.3) is 11.3 Å². The predicted octanol–water partition coefficient (Wildman–Crippen LogP) is 2.12. The van der Waals surface area contributed by atoms with Gasteiger partial charge in [-0.15, -0.1) is 0 Å². The van der Waals surface area contributed by atoms with Gasteiger partial charge in [-0.05, 0) is 31.2 Å². The smallest absolute Gasteiger partial charge is 0.131 e. The van der Waals surface area contributed by atoms with Crippen LogP contribution in [0.15, 0.2) is 24.3 Å². The molecule has 2 N–H and O–H groups in total. The molecule has 0 aliphatic carbocycles. The van der Waals surface area contributed by atoms with E-state index in [1.54, 1.807) is 16.7 Å². The molecule has 0 amide bonds. The molecule has 0 saturated carbocycles. The van der Waals surface area contributed by atoms with Gasteiger partial charge in [-0.2, -0.15) is 0 Å². The molecule has 1 aromatic carbocycles. The Morgan fingerprint density at radius 3 is 2.33 bits per heavy atom. The number of halogens is 1. The Kier molecular flexibility index (Phi) is 2.19. The molecule has 0 aliphatic rings. The average Bonchev–Trinajstić information content (AvgIpc) is 2.47. The van der Waals surface area contributed by atoms with E-state index in [1.165, 1.54) is 12.1 Å². The van der Waals surface area contributed by atoms with Gasteiger partial charge < -0.3 is 10.3 Å². The fourth-order valence-corrected chi connectivity index (χ4v) is 1.45. The number of hydrogen-bond acceptors (Lipinski definition) is 2. The summed E-state index contributed by atoms with van der Waals surface area (Å²) in [7, 11) is 1.85. The van der Waals surface area contributed by atoms with Crippen LogP contribution in [0.1, 0.15) is 5.82 Å². The molecule has 0 unspecified atom stereocenters. The van der Waals surface area contributed by atoms with Crippen molar-refractivity contribution in [3.8, 4) is 11.3 Å². The number of nitrogens with two attached hydrogens (primary N) is 1. The van der Waals surface area contributed by atoms with E-state index in [1.807, 2.05) is 14.0 Å². The van der Waals surface area contributed by atoms with E-state index in [2.05, 4.69) is 4.98 Å². The van der Waals surface area contributed by atoms with Crippen molar-refractivity contribution >= 4 is 5.82 Å². The van der Waals surface area contributed by atoms with E-state index in [0.29, 0.717) is 11.5 Å². The first-order valence-electron chi connectivity index (χ1n) is 4.64. The van der Waals surface area contributed by atoms with Crippen molar-refractivity contribution < 1.29 is 4.39 Å². The summed E-state index contributed by atoms with van der Waals surface area (Å²) >= 11 is 0. The summed E-state index contributed by atoms with van der Waals surface area (Å²) in [6.45, 7) is 1.88. The molecule has 0 atom stereocenters. The van der Waals surface area contributed by atoms with Gasteiger partial charge in [0.05, 0.1) is 0 Å². The second kappa shape index (κ2) is 3.38. The molecular weight excluding hydrogens is 193 g/mol. The fraction of sp³-hybridized carbons (Fsp3) is 0.182.